The summed E-state index contributed by atoms with van der Waals surface area (Å²) in [6.07, 6.45) is 0.830. The molecular weight excluding hydrogens is 312 g/mol. The lowest BCUT2D eigenvalue weighted by Gasteiger charge is -2.18. The van der Waals surface area contributed by atoms with E-state index in [2.05, 4.69) is 15.9 Å². The average molecular weight is 329 g/mol. The number of amides is 1. The molecule has 1 aromatic rings. The number of hydrogen-bond donors (Lipinski definition) is 0. The highest BCUT2D eigenvalue weighted by atomic mass is 79.9. The van der Waals surface area contributed by atoms with E-state index in [0.717, 1.165) is 12.0 Å². The molecule has 0 spiro atoms. The highest BCUT2D eigenvalue weighted by Crippen LogP contribution is 2.19. The Morgan fingerprint density at radius 1 is 1.53 bits per heavy atom. The highest BCUT2D eigenvalue weighted by molar-refractivity contribution is 9.09. The number of aryl methyl sites for hydroxylation is 1. The van der Waals surface area contributed by atoms with Crippen LogP contribution < -0.4 is 0 Å². The van der Waals surface area contributed by atoms with Crippen LogP contribution in [-0.4, -0.2) is 34.2 Å². The third-order valence-corrected chi connectivity index (χ3v) is 3.33. The number of nitrogens with zero attached hydrogens (tertiary/aromatic N) is 2. The molecule has 0 aliphatic carbocycles. The van der Waals surface area contributed by atoms with E-state index in [1.165, 1.54) is 12.1 Å². The standard InChI is InChI=1S/C13H17BrN2O3/c1-9-4-5-11(16(18)19)8-12(9)13(17)15(3)7-6-10(2)14/h4-5,8,10H,6-7H2,1-3H3. The normalized spacial score (nSPS) is 12.0. The van der Waals surface area contributed by atoms with Crippen LogP contribution in [0, 0.1) is 17.0 Å². The Labute approximate surface area is 120 Å². The molecule has 1 aromatic carbocycles. The van der Waals surface area contributed by atoms with Crippen molar-refractivity contribution in [3.63, 3.8) is 0 Å². The van der Waals surface area contributed by atoms with Crippen LogP contribution in [0.5, 0.6) is 0 Å². The molecule has 1 rings (SSSR count). The minimum Gasteiger partial charge on any atom is -0.342 e. The van der Waals surface area contributed by atoms with Gasteiger partial charge in [-0.2, -0.15) is 0 Å². The maximum Gasteiger partial charge on any atom is 0.270 e. The van der Waals surface area contributed by atoms with Gasteiger partial charge in [-0.25, -0.2) is 0 Å². The van der Waals surface area contributed by atoms with E-state index in [1.807, 2.05) is 6.92 Å². The predicted molar refractivity (Wildman–Crippen MR) is 77.8 cm³/mol. The Bertz CT molecular complexity index is 489. The van der Waals surface area contributed by atoms with Crippen LogP contribution in [0.2, 0.25) is 0 Å². The minimum absolute atomic E-state index is 0.0591. The number of benzene rings is 1. The molecule has 19 heavy (non-hydrogen) atoms. The van der Waals surface area contributed by atoms with Crippen LogP contribution in [0.15, 0.2) is 18.2 Å². The molecule has 0 radical (unpaired) electrons. The van der Waals surface area contributed by atoms with Gasteiger partial charge in [0.05, 0.1) is 4.92 Å². The van der Waals surface area contributed by atoms with Crippen LogP contribution in [0.4, 0.5) is 5.69 Å². The fourth-order valence-corrected chi connectivity index (χ4v) is 1.84. The molecule has 0 N–H and O–H groups in total. The summed E-state index contributed by atoms with van der Waals surface area (Å²) < 4.78 is 0. The summed E-state index contributed by atoms with van der Waals surface area (Å²) in [5.74, 6) is -0.186. The first kappa shape index (κ1) is 15.6. The fraction of sp³-hybridized carbons (Fsp3) is 0.462. The van der Waals surface area contributed by atoms with Crippen LogP contribution in [0.1, 0.15) is 29.3 Å². The average Bonchev–Trinajstić information content (AvgIpc) is 2.35. The van der Waals surface area contributed by atoms with Gasteiger partial charge in [-0.3, -0.25) is 14.9 Å². The molecule has 0 aliphatic heterocycles. The van der Waals surface area contributed by atoms with E-state index in [4.69, 9.17) is 0 Å². The van der Waals surface area contributed by atoms with Gasteiger partial charge in [-0.15, -0.1) is 0 Å². The van der Waals surface area contributed by atoms with Crippen molar-refractivity contribution in [3.05, 3.63) is 39.4 Å². The summed E-state index contributed by atoms with van der Waals surface area (Å²) in [6, 6.07) is 4.35. The lowest BCUT2D eigenvalue weighted by molar-refractivity contribution is -0.384. The van der Waals surface area contributed by atoms with E-state index < -0.39 is 4.92 Å². The van der Waals surface area contributed by atoms with Crippen molar-refractivity contribution in [3.8, 4) is 0 Å². The Balaban J connectivity index is 2.92. The van der Waals surface area contributed by atoms with Gasteiger partial charge in [-0.05, 0) is 18.9 Å². The third kappa shape index (κ3) is 4.31. The van der Waals surface area contributed by atoms with Crippen molar-refractivity contribution in [2.75, 3.05) is 13.6 Å². The monoisotopic (exact) mass is 328 g/mol. The van der Waals surface area contributed by atoms with E-state index in [0.29, 0.717) is 16.9 Å². The van der Waals surface area contributed by atoms with E-state index in [-0.39, 0.29) is 11.6 Å². The molecule has 0 fully saturated rings. The van der Waals surface area contributed by atoms with Crippen LogP contribution in [0.25, 0.3) is 0 Å². The zero-order valence-corrected chi connectivity index (χ0v) is 12.8. The minimum atomic E-state index is -0.489. The summed E-state index contributed by atoms with van der Waals surface area (Å²) >= 11 is 3.43. The van der Waals surface area contributed by atoms with Crippen molar-refractivity contribution >= 4 is 27.5 Å². The Kier molecular flexibility index (Phi) is 5.47. The molecule has 0 aromatic heterocycles. The first-order valence-corrected chi connectivity index (χ1v) is 6.89. The van der Waals surface area contributed by atoms with Crippen molar-refractivity contribution in [1.82, 2.24) is 4.90 Å². The maximum atomic E-state index is 12.2. The molecule has 0 saturated carbocycles. The van der Waals surface area contributed by atoms with Crippen LogP contribution in [0.3, 0.4) is 0 Å². The first-order valence-electron chi connectivity index (χ1n) is 5.97. The quantitative estimate of drug-likeness (QED) is 0.474. The number of nitro groups is 1. The van der Waals surface area contributed by atoms with Crippen molar-refractivity contribution in [1.29, 1.82) is 0 Å². The molecule has 1 atom stereocenters. The number of carbonyl (C=O) groups excluding carboxylic acids is 1. The molecule has 0 heterocycles. The molecule has 0 saturated heterocycles. The van der Waals surface area contributed by atoms with E-state index >= 15 is 0 Å². The Morgan fingerprint density at radius 2 is 2.16 bits per heavy atom. The molecule has 1 unspecified atom stereocenters. The van der Waals surface area contributed by atoms with Gasteiger partial charge in [-0.1, -0.05) is 28.9 Å². The molecule has 104 valence electrons. The highest BCUT2D eigenvalue weighted by Gasteiger charge is 2.18. The SMILES string of the molecule is Cc1ccc([N+](=O)[O-])cc1C(=O)N(C)CCC(C)Br. The lowest BCUT2D eigenvalue weighted by atomic mass is 10.1. The van der Waals surface area contributed by atoms with E-state index in [9.17, 15) is 14.9 Å². The summed E-state index contributed by atoms with van der Waals surface area (Å²) in [5, 5.41) is 10.7. The molecule has 6 heteroatoms. The van der Waals surface area contributed by atoms with Gasteiger partial charge < -0.3 is 4.90 Å². The van der Waals surface area contributed by atoms with Gasteiger partial charge in [0.2, 0.25) is 0 Å². The smallest absolute Gasteiger partial charge is 0.270 e. The summed E-state index contributed by atoms with van der Waals surface area (Å²) in [7, 11) is 1.70. The van der Waals surface area contributed by atoms with Gasteiger partial charge in [0, 0.05) is 36.1 Å². The van der Waals surface area contributed by atoms with Crippen molar-refractivity contribution < 1.29 is 9.72 Å². The number of hydrogen-bond acceptors (Lipinski definition) is 3. The number of non-ortho nitro benzene ring substituents is 1. The molecular formula is C13H17BrN2O3. The van der Waals surface area contributed by atoms with E-state index in [1.54, 1.807) is 24.9 Å². The van der Waals surface area contributed by atoms with Crippen molar-refractivity contribution in [2.45, 2.75) is 25.1 Å². The zero-order valence-electron chi connectivity index (χ0n) is 11.2. The third-order valence-electron chi connectivity index (χ3n) is 2.87. The first-order chi connectivity index (χ1) is 8.82. The summed E-state index contributed by atoms with van der Waals surface area (Å²) in [5.41, 5.74) is 1.07. The van der Waals surface area contributed by atoms with Gasteiger partial charge in [0.15, 0.2) is 0 Å². The Morgan fingerprint density at radius 3 is 2.68 bits per heavy atom. The summed E-state index contributed by atoms with van der Waals surface area (Å²) in [4.78, 5) is 24.4. The number of nitro benzene ring substituents is 1. The van der Waals surface area contributed by atoms with Crippen molar-refractivity contribution in [2.24, 2.45) is 0 Å². The van der Waals surface area contributed by atoms with Gasteiger partial charge >= 0.3 is 0 Å². The topological polar surface area (TPSA) is 63.5 Å². The zero-order chi connectivity index (χ0) is 14.6. The molecule has 5 nitrogen and oxygen atoms in total. The second-order valence-electron chi connectivity index (χ2n) is 4.55. The number of halogens is 1. The molecule has 0 aliphatic rings. The fourth-order valence-electron chi connectivity index (χ4n) is 1.63. The van der Waals surface area contributed by atoms with Gasteiger partial charge in [0.25, 0.3) is 11.6 Å². The lowest BCUT2D eigenvalue weighted by Crippen LogP contribution is -2.29. The molecule has 1 amide bonds. The number of carbonyl (C=O) groups is 1. The largest absolute Gasteiger partial charge is 0.342 e. The number of rotatable bonds is 5. The second-order valence-corrected chi connectivity index (χ2v) is 6.12. The van der Waals surface area contributed by atoms with Crippen LogP contribution in [-0.2, 0) is 0 Å². The van der Waals surface area contributed by atoms with Gasteiger partial charge in [0.1, 0.15) is 0 Å². The maximum absolute atomic E-state index is 12.2. The number of alkyl halides is 1. The molecule has 0 bridgehead atoms. The Hall–Kier alpha value is -1.43. The predicted octanol–water partition coefficient (Wildman–Crippen LogP) is 3.15. The van der Waals surface area contributed by atoms with Crippen LogP contribution >= 0.6 is 15.9 Å². The summed E-state index contributed by atoms with van der Waals surface area (Å²) in [6.45, 7) is 4.39. The second kappa shape index (κ2) is 6.65.